The summed E-state index contributed by atoms with van der Waals surface area (Å²) in [4.78, 5) is 40.8. The van der Waals surface area contributed by atoms with Gasteiger partial charge in [-0.25, -0.2) is 4.39 Å². The summed E-state index contributed by atoms with van der Waals surface area (Å²) in [6, 6.07) is 7.30. The average molecular weight is 526 g/mol. The smallest absolute Gasteiger partial charge is 0.271 e. The van der Waals surface area contributed by atoms with Gasteiger partial charge in [0.05, 0.1) is 10.5 Å². The molecule has 2 aromatic rings. The zero-order valence-electron chi connectivity index (χ0n) is 19.6. The lowest BCUT2D eigenvalue weighted by Gasteiger charge is -2.26. The van der Waals surface area contributed by atoms with E-state index in [0.29, 0.717) is 23.3 Å². The van der Waals surface area contributed by atoms with E-state index < -0.39 is 17.2 Å². The molecule has 186 valence electrons. The third-order valence-corrected chi connectivity index (χ3v) is 7.95. The van der Waals surface area contributed by atoms with E-state index in [-0.39, 0.29) is 51.7 Å². The highest BCUT2D eigenvalue weighted by Gasteiger charge is 2.33. The molecule has 1 saturated carbocycles. The lowest BCUT2D eigenvalue weighted by Crippen LogP contribution is -2.32. The van der Waals surface area contributed by atoms with Crippen LogP contribution in [0.4, 0.5) is 4.39 Å². The van der Waals surface area contributed by atoms with Gasteiger partial charge in [0.2, 0.25) is 5.88 Å². The predicted octanol–water partition coefficient (Wildman–Crippen LogP) is 4.85. The molecule has 7 nitrogen and oxygen atoms in total. The Hall–Kier alpha value is -3.29. The monoisotopic (exact) mass is 525 g/mol. The summed E-state index contributed by atoms with van der Waals surface area (Å²) in [7, 11) is 0. The van der Waals surface area contributed by atoms with Crippen molar-refractivity contribution in [3.8, 4) is 11.9 Å². The van der Waals surface area contributed by atoms with Gasteiger partial charge in [-0.05, 0) is 49.1 Å². The van der Waals surface area contributed by atoms with Gasteiger partial charge in [0.1, 0.15) is 21.8 Å². The molecule has 0 atom stereocenters. The Balaban J connectivity index is 1.57. The maximum Gasteiger partial charge on any atom is 0.271 e. The number of Topliss-reactive ketones (excluding diaryl/α,β-unsaturated/α-hetero) is 1. The maximum atomic E-state index is 13.3. The van der Waals surface area contributed by atoms with Crippen LogP contribution in [0, 0.1) is 24.1 Å². The Bertz CT molecular complexity index is 1370. The SMILES string of the molecule is Cc1c(C(=O)CCN2C(=O)/C(=C/c3ccc(F)cc3)SC2=S)c(O)n(C2CCCCC2)c(=O)c1C#N. The number of benzene rings is 1. The molecule has 1 aromatic carbocycles. The van der Waals surface area contributed by atoms with Crippen molar-refractivity contribution in [2.24, 2.45) is 0 Å². The van der Waals surface area contributed by atoms with Crippen molar-refractivity contribution < 1.29 is 19.1 Å². The molecule has 0 spiro atoms. The van der Waals surface area contributed by atoms with E-state index in [9.17, 15) is 29.1 Å². The molecule has 1 aromatic heterocycles. The Kier molecular flexibility index (Phi) is 7.71. The van der Waals surface area contributed by atoms with Crippen LogP contribution in [0.5, 0.6) is 5.88 Å². The van der Waals surface area contributed by atoms with Gasteiger partial charge in [0.15, 0.2) is 5.78 Å². The lowest BCUT2D eigenvalue weighted by molar-refractivity contribution is -0.122. The summed E-state index contributed by atoms with van der Waals surface area (Å²) >= 11 is 6.42. The highest BCUT2D eigenvalue weighted by atomic mass is 32.2. The van der Waals surface area contributed by atoms with Crippen molar-refractivity contribution in [3.63, 3.8) is 0 Å². The van der Waals surface area contributed by atoms with Crippen molar-refractivity contribution in [2.45, 2.75) is 51.5 Å². The fourth-order valence-corrected chi connectivity index (χ4v) is 5.98. The largest absolute Gasteiger partial charge is 0.494 e. The van der Waals surface area contributed by atoms with Gasteiger partial charge in [-0.2, -0.15) is 5.26 Å². The predicted molar refractivity (Wildman–Crippen MR) is 139 cm³/mol. The first-order valence-electron chi connectivity index (χ1n) is 11.6. The minimum Gasteiger partial charge on any atom is -0.494 e. The van der Waals surface area contributed by atoms with Crippen molar-refractivity contribution in [1.29, 1.82) is 5.26 Å². The zero-order valence-corrected chi connectivity index (χ0v) is 21.3. The van der Waals surface area contributed by atoms with Gasteiger partial charge in [0, 0.05) is 19.0 Å². The molecule has 1 saturated heterocycles. The van der Waals surface area contributed by atoms with Gasteiger partial charge in [-0.15, -0.1) is 0 Å². The topological polar surface area (TPSA) is 103 Å². The highest BCUT2D eigenvalue weighted by molar-refractivity contribution is 8.26. The van der Waals surface area contributed by atoms with Crippen molar-refractivity contribution >= 4 is 46.1 Å². The number of nitrogens with zero attached hydrogens (tertiary/aromatic N) is 3. The Morgan fingerprint density at radius 3 is 2.56 bits per heavy atom. The number of nitriles is 1. The summed E-state index contributed by atoms with van der Waals surface area (Å²) in [6.07, 6.45) is 5.66. The number of aromatic nitrogens is 1. The highest BCUT2D eigenvalue weighted by Crippen LogP contribution is 2.35. The number of pyridine rings is 1. The number of aromatic hydroxyl groups is 1. The van der Waals surface area contributed by atoms with Crippen LogP contribution in [-0.4, -0.2) is 37.1 Å². The maximum absolute atomic E-state index is 13.3. The van der Waals surface area contributed by atoms with E-state index in [1.807, 2.05) is 6.07 Å². The molecule has 1 N–H and O–H groups in total. The van der Waals surface area contributed by atoms with E-state index in [1.54, 1.807) is 18.2 Å². The molecule has 1 aliphatic carbocycles. The van der Waals surface area contributed by atoms with Crippen LogP contribution in [-0.2, 0) is 4.79 Å². The number of carbonyl (C=O) groups excluding carboxylic acids is 2. The molecule has 4 rings (SSSR count). The number of ketones is 1. The van der Waals surface area contributed by atoms with Gasteiger partial charge in [0.25, 0.3) is 11.5 Å². The number of carbonyl (C=O) groups is 2. The van der Waals surface area contributed by atoms with E-state index in [1.165, 1.54) is 28.5 Å². The number of halogens is 1. The molecule has 2 aliphatic rings. The fourth-order valence-electron chi connectivity index (χ4n) is 4.68. The van der Waals surface area contributed by atoms with E-state index >= 15 is 0 Å². The molecule has 0 bridgehead atoms. The first-order valence-corrected chi connectivity index (χ1v) is 12.9. The molecule has 0 radical (unpaired) electrons. The molecular formula is C26H24FN3O4S2. The number of amides is 1. The van der Waals surface area contributed by atoms with Crippen LogP contribution in [0.25, 0.3) is 6.08 Å². The van der Waals surface area contributed by atoms with Crippen molar-refractivity contribution in [1.82, 2.24) is 9.47 Å². The third-order valence-electron chi connectivity index (χ3n) is 6.57. The number of thioether (sulfide) groups is 1. The van der Waals surface area contributed by atoms with Crippen LogP contribution in [0.1, 0.15) is 71.6 Å². The summed E-state index contributed by atoms with van der Waals surface area (Å²) in [5, 5.41) is 20.6. The average Bonchev–Trinajstić information content (AvgIpc) is 3.12. The lowest BCUT2D eigenvalue weighted by atomic mass is 9.93. The molecule has 1 amide bonds. The molecule has 2 fully saturated rings. The molecule has 0 unspecified atom stereocenters. The second kappa shape index (κ2) is 10.8. The molecular weight excluding hydrogens is 501 g/mol. The summed E-state index contributed by atoms with van der Waals surface area (Å²) < 4.78 is 14.6. The van der Waals surface area contributed by atoms with Gasteiger partial charge in [-0.1, -0.05) is 55.4 Å². The second-order valence-electron chi connectivity index (χ2n) is 8.84. The van der Waals surface area contributed by atoms with Crippen molar-refractivity contribution in [2.75, 3.05) is 6.54 Å². The minimum atomic E-state index is -0.584. The normalized spacial score (nSPS) is 17.6. The van der Waals surface area contributed by atoms with Gasteiger partial charge < -0.3 is 5.11 Å². The Labute approximate surface area is 217 Å². The van der Waals surface area contributed by atoms with Gasteiger partial charge >= 0.3 is 0 Å². The van der Waals surface area contributed by atoms with E-state index in [4.69, 9.17) is 12.2 Å². The summed E-state index contributed by atoms with van der Waals surface area (Å²) in [5.74, 6) is -1.66. The van der Waals surface area contributed by atoms with Crippen LogP contribution in [0.3, 0.4) is 0 Å². The first-order chi connectivity index (χ1) is 17.2. The van der Waals surface area contributed by atoms with E-state index in [2.05, 4.69) is 0 Å². The number of thiocarbonyl (C=S) groups is 1. The quantitative estimate of drug-likeness (QED) is 0.327. The van der Waals surface area contributed by atoms with Gasteiger partial charge in [-0.3, -0.25) is 23.9 Å². The minimum absolute atomic E-state index is 0.0203. The molecule has 2 heterocycles. The summed E-state index contributed by atoms with van der Waals surface area (Å²) in [6.45, 7) is 1.46. The Morgan fingerprint density at radius 1 is 1.25 bits per heavy atom. The molecule has 1 aliphatic heterocycles. The first kappa shape index (κ1) is 25.8. The third kappa shape index (κ3) is 4.99. The van der Waals surface area contributed by atoms with E-state index in [0.717, 1.165) is 31.0 Å². The number of rotatable bonds is 6. The standard InChI is InChI=1S/C26H24FN3O4S2/c1-15-19(14-28)23(32)30(18-5-3-2-4-6-18)25(34)22(15)20(31)11-12-29-24(33)21(36-26(29)35)13-16-7-9-17(27)10-8-16/h7-10,13,18,34H,2-6,11-12H2,1H3/b21-13-. The summed E-state index contributed by atoms with van der Waals surface area (Å²) in [5.41, 5.74) is -0.0291. The fraction of sp³-hybridized carbons (Fsp3) is 0.346. The van der Waals surface area contributed by atoms with Crippen LogP contribution < -0.4 is 5.56 Å². The van der Waals surface area contributed by atoms with Crippen LogP contribution in [0.2, 0.25) is 0 Å². The zero-order chi connectivity index (χ0) is 26.0. The molecule has 36 heavy (non-hydrogen) atoms. The second-order valence-corrected chi connectivity index (χ2v) is 10.5. The van der Waals surface area contributed by atoms with Crippen LogP contribution >= 0.6 is 24.0 Å². The Morgan fingerprint density at radius 2 is 1.92 bits per heavy atom. The molecule has 10 heteroatoms. The van der Waals surface area contributed by atoms with Crippen molar-refractivity contribution in [3.05, 3.63) is 67.6 Å². The number of hydrogen-bond acceptors (Lipinski definition) is 7. The number of hydrogen-bond donors (Lipinski definition) is 1. The van der Waals surface area contributed by atoms with Crippen LogP contribution in [0.15, 0.2) is 34.0 Å².